The maximum absolute atomic E-state index is 14.3. The van der Waals surface area contributed by atoms with Crippen LogP contribution in [0.2, 0.25) is 0 Å². The normalized spacial score (nSPS) is 21.6. The smallest absolute Gasteiger partial charge is 0.315 e. The number of benzene rings is 1. The molecule has 1 aromatic rings. The third-order valence-corrected chi connectivity index (χ3v) is 12.0. The van der Waals surface area contributed by atoms with Crippen LogP contribution in [-0.2, 0) is 37.2 Å². The molecule has 0 spiro atoms. The number of urea groups is 1. The maximum Gasteiger partial charge on any atom is 0.315 e. The van der Waals surface area contributed by atoms with E-state index in [1.165, 1.54) is 17.5 Å². The van der Waals surface area contributed by atoms with Gasteiger partial charge in [0, 0.05) is 39.1 Å². The zero-order chi connectivity index (χ0) is 39.6. The lowest BCUT2D eigenvalue weighted by Gasteiger charge is -2.39. The van der Waals surface area contributed by atoms with Crippen molar-refractivity contribution in [3.05, 3.63) is 35.4 Å². The number of amides is 5. The summed E-state index contributed by atoms with van der Waals surface area (Å²) in [6, 6.07) is 2.91. The summed E-state index contributed by atoms with van der Waals surface area (Å²) in [7, 11) is -2.11. The number of nitrogens with one attached hydrogen (secondary N) is 4. The first-order chi connectivity index (χ1) is 23.8. The quantitative estimate of drug-likeness (QED) is 0.215. The summed E-state index contributed by atoms with van der Waals surface area (Å²) in [5, 5.41) is 10.8. The standard InChI is InChI=1S/C37H60F2N6O6S/c1-12-22-13-15-23(16-14-22)17-18-40-31(46)25(19-27(38)39)41-32(47)29-28-24(37(28,8)9)20-45(29)33(48)30(36(5,6)7)43-34(49)42-26(35(2,3)4)21-44(10)52(11,50)51/h13-16,24-30H,12,17-21H2,1-11H3,(H,40,46)(H,41,47)(H2,42,43,49)/t24-,25-,26+,28-,29-,30+/m0/s1. The van der Waals surface area contributed by atoms with Crippen molar-refractivity contribution in [2.24, 2.45) is 28.1 Å². The molecule has 0 radical (unpaired) electrons. The van der Waals surface area contributed by atoms with Gasteiger partial charge in [0.2, 0.25) is 34.2 Å². The third kappa shape index (κ3) is 10.9. The first-order valence-corrected chi connectivity index (χ1v) is 19.9. The number of fused-ring (bicyclic) bond motifs is 1. The van der Waals surface area contributed by atoms with Crippen LogP contribution in [0.5, 0.6) is 0 Å². The van der Waals surface area contributed by atoms with Crippen molar-refractivity contribution in [1.82, 2.24) is 30.5 Å². The minimum absolute atomic E-state index is 0.00386. The number of alkyl halides is 2. The summed E-state index contributed by atoms with van der Waals surface area (Å²) in [5.74, 6) is -2.27. The predicted molar refractivity (Wildman–Crippen MR) is 197 cm³/mol. The number of sulfonamides is 1. The van der Waals surface area contributed by atoms with Gasteiger partial charge < -0.3 is 26.2 Å². The molecule has 1 heterocycles. The fourth-order valence-corrected chi connectivity index (χ4v) is 7.37. The molecule has 2 fully saturated rings. The summed E-state index contributed by atoms with van der Waals surface area (Å²) < 4.78 is 52.8. The number of rotatable bonds is 15. The Balaban J connectivity index is 1.78. The average molecular weight is 755 g/mol. The summed E-state index contributed by atoms with van der Waals surface area (Å²) in [6.07, 6.45) is -1.32. The number of likely N-dealkylation sites (N-methyl/N-ethyl adjacent to an activating group) is 1. The minimum atomic E-state index is -3.53. The van der Waals surface area contributed by atoms with Gasteiger partial charge in [-0.25, -0.2) is 26.3 Å². The summed E-state index contributed by atoms with van der Waals surface area (Å²) in [6.45, 7) is 17.3. The van der Waals surface area contributed by atoms with Crippen molar-refractivity contribution >= 4 is 33.8 Å². The van der Waals surface area contributed by atoms with Crippen molar-refractivity contribution in [1.29, 1.82) is 0 Å². The van der Waals surface area contributed by atoms with Gasteiger partial charge in [0.1, 0.15) is 18.1 Å². The number of carbonyl (C=O) groups excluding carboxylic acids is 4. The molecular formula is C37H60F2N6O6S. The molecule has 294 valence electrons. The van der Waals surface area contributed by atoms with Crippen LogP contribution in [0.25, 0.3) is 0 Å². The topological polar surface area (TPSA) is 157 Å². The monoisotopic (exact) mass is 754 g/mol. The van der Waals surface area contributed by atoms with Crippen molar-refractivity contribution < 1.29 is 36.4 Å². The van der Waals surface area contributed by atoms with Gasteiger partial charge in [0.15, 0.2) is 0 Å². The molecule has 15 heteroatoms. The van der Waals surface area contributed by atoms with Crippen LogP contribution in [0.15, 0.2) is 24.3 Å². The molecule has 6 atom stereocenters. The molecular weight excluding hydrogens is 695 g/mol. The highest BCUT2D eigenvalue weighted by Crippen LogP contribution is 2.65. The highest BCUT2D eigenvalue weighted by Gasteiger charge is 2.70. The van der Waals surface area contributed by atoms with Gasteiger partial charge in [-0.1, -0.05) is 86.6 Å². The number of hydrogen-bond donors (Lipinski definition) is 4. The lowest BCUT2D eigenvalue weighted by Crippen LogP contribution is -2.62. The van der Waals surface area contributed by atoms with Crippen LogP contribution in [-0.4, -0.2) is 105 Å². The first kappa shape index (κ1) is 43.1. The van der Waals surface area contributed by atoms with Crippen molar-refractivity contribution in [3.63, 3.8) is 0 Å². The number of piperidine rings is 1. The molecule has 1 aromatic carbocycles. The van der Waals surface area contributed by atoms with Crippen LogP contribution in [0.1, 0.15) is 79.9 Å². The molecule has 0 bridgehead atoms. The Labute approximate surface area is 308 Å². The highest BCUT2D eigenvalue weighted by molar-refractivity contribution is 7.88. The van der Waals surface area contributed by atoms with E-state index < -0.39 is 81.6 Å². The van der Waals surface area contributed by atoms with Gasteiger partial charge in [-0.05, 0) is 52.0 Å². The van der Waals surface area contributed by atoms with Crippen LogP contribution >= 0.6 is 0 Å². The molecule has 52 heavy (non-hydrogen) atoms. The van der Waals surface area contributed by atoms with E-state index in [0.29, 0.717) is 6.42 Å². The SMILES string of the molecule is CCc1ccc(CCNC(=O)[C@H](CC(F)F)NC(=O)[C@@H]2[C@@H]3[C@H](CN2C(=O)[C@@H](NC(=O)N[C@H](CN(C)S(C)(=O)=O)C(C)(C)C)C(C)(C)C)C3(C)C)cc1. The Morgan fingerprint density at radius 3 is 2.04 bits per heavy atom. The molecule has 0 unspecified atom stereocenters. The molecule has 12 nitrogen and oxygen atoms in total. The largest absolute Gasteiger partial charge is 0.354 e. The van der Waals surface area contributed by atoms with E-state index in [-0.39, 0.29) is 36.9 Å². The number of halogens is 2. The van der Waals surface area contributed by atoms with E-state index >= 15 is 0 Å². The Morgan fingerprint density at radius 2 is 1.54 bits per heavy atom. The average Bonchev–Trinajstić information content (AvgIpc) is 3.32. The fourth-order valence-electron chi connectivity index (χ4n) is 6.95. The zero-order valence-corrected chi connectivity index (χ0v) is 33.4. The first-order valence-electron chi connectivity index (χ1n) is 18.0. The molecule has 2 aliphatic rings. The third-order valence-electron chi connectivity index (χ3n) is 10.7. The summed E-state index contributed by atoms with van der Waals surface area (Å²) >= 11 is 0. The van der Waals surface area contributed by atoms with Gasteiger partial charge >= 0.3 is 6.03 Å². The van der Waals surface area contributed by atoms with E-state index in [1.807, 2.05) is 65.8 Å². The zero-order valence-electron chi connectivity index (χ0n) is 32.6. The van der Waals surface area contributed by atoms with Crippen molar-refractivity contribution in [2.45, 2.75) is 112 Å². The minimum Gasteiger partial charge on any atom is -0.354 e. The molecule has 1 saturated carbocycles. The van der Waals surface area contributed by atoms with E-state index in [0.717, 1.165) is 22.5 Å². The van der Waals surface area contributed by atoms with Gasteiger partial charge in [0.05, 0.1) is 6.26 Å². The maximum atomic E-state index is 14.3. The second-order valence-corrected chi connectivity index (χ2v) is 19.3. The number of aryl methyl sites for hydroxylation is 1. The Hall–Kier alpha value is -3.33. The second-order valence-electron chi connectivity index (χ2n) is 17.2. The van der Waals surface area contributed by atoms with E-state index in [2.05, 4.69) is 21.3 Å². The fraction of sp³-hybridized carbons (Fsp3) is 0.730. The van der Waals surface area contributed by atoms with Crippen LogP contribution in [0.4, 0.5) is 13.6 Å². The van der Waals surface area contributed by atoms with Crippen LogP contribution in [0.3, 0.4) is 0 Å². The lowest BCUT2D eigenvalue weighted by molar-refractivity contribution is -0.144. The highest BCUT2D eigenvalue weighted by atomic mass is 32.2. The summed E-state index contributed by atoms with van der Waals surface area (Å²) in [5.41, 5.74) is 0.460. The van der Waals surface area contributed by atoms with E-state index in [4.69, 9.17) is 0 Å². The number of likely N-dealkylation sites (tertiary alicyclic amines) is 1. The molecule has 1 saturated heterocycles. The van der Waals surface area contributed by atoms with E-state index in [9.17, 15) is 36.4 Å². The Bertz CT molecular complexity index is 1560. The van der Waals surface area contributed by atoms with Gasteiger partial charge in [-0.15, -0.1) is 0 Å². The molecule has 1 aliphatic heterocycles. The van der Waals surface area contributed by atoms with Crippen LogP contribution in [0, 0.1) is 28.1 Å². The van der Waals surface area contributed by atoms with E-state index in [1.54, 1.807) is 20.8 Å². The summed E-state index contributed by atoms with van der Waals surface area (Å²) in [4.78, 5) is 56.4. The number of hydrogen-bond acceptors (Lipinski definition) is 6. The predicted octanol–water partition coefficient (Wildman–Crippen LogP) is 3.55. The van der Waals surface area contributed by atoms with Crippen molar-refractivity contribution in [3.8, 4) is 0 Å². The second kappa shape index (κ2) is 16.4. The van der Waals surface area contributed by atoms with Crippen LogP contribution < -0.4 is 21.3 Å². The molecule has 3 rings (SSSR count). The van der Waals surface area contributed by atoms with Gasteiger partial charge in [-0.3, -0.25) is 14.4 Å². The molecule has 1 aliphatic carbocycles. The van der Waals surface area contributed by atoms with Gasteiger partial charge in [0.25, 0.3) is 0 Å². The number of nitrogens with zero attached hydrogens (tertiary/aromatic N) is 2. The molecule has 5 amide bonds. The Morgan fingerprint density at radius 1 is 0.962 bits per heavy atom. The Kier molecular flexibility index (Phi) is 13.6. The van der Waals surface area contributed by atoms with Crippen molar-refractivity contribution in [2.75, 3.05) is 32.9 Å². The number of carbonyl (C=O) groups is 4. The molecule has 0 aromatic heterocycles. The molecule has 4 N–H and O–H groups in total. The lowest BCUT2D eigenvalue weighted by atomic mass is 9.85. The van der Waals surface area contributed by atoms with Gasteiger partial charge in [-0.2, -0.15) is 0 Å².